The van der Waals surface area contributed by atoms with Crippen molar-refractivity contribution < 1.29 is 4.21 Å². The third-order valence-electron chi connectivity index (χ3n) is 4.23. The van der Waals surface area contributed by atoms with Crippen molar-refractivity contribution >= 4 is 32.4 Å². The van der Waals surface area contributed by atoms with Crippen LogP contribution in [0.5, 0.6) is 0 Å². The molecule has 0 saturated carbocycles. The van der Waals surface area contributed by atoms with Gasteiger partial charge in [0.15, 0.2) is 0 Å². The molecular formula is C15H20OS3. The van der Waals surface area contributed by atoms with Crippen LogP contribution in [0.3, 0.4) is 0 Å². The van der Waals surface area contributed by atoms with Gasteiger partial charge in [-0.2, -0.15) is 0 Å². The molecule has 2 saturated heterocycles. The van der Waals surface area contributed by atoms with Crippen LogP contribution in [0.25, 0.3) is 0 Å². The molecule has 0 N–H and O–H groups in total. The van der Waals surface area contributed by atoms with Gasteiger partial charge in [0, 0.05) is 0 Å². The zero-order valence-corrected chi connectivity index (χ0v) is 14.3. The summed E-state index contributed by atoms with van der Waals surface area (Å²) >= 11 is 1.94. The first-order valence-electron chi connectivity index (χ1n) is 6.62. The van der Waals surface area contributed by atoms with Crippen LogP contribution in [0.2, 0.25) is 0 Å². The number of hydrogen-bond donors (Lipinski definition) is 0. The molecule has 0 aliphatic carbocycles. The predicted octanol–water partition coefficient (Wildman–Crippen LogP) is 4.77. The Morgan fingerprint density at radius 1 is 1.16 bits per heavy atom. The molecule has 1 aromatic carbocycles. The van der Waals surface area contributed by atoms with E-state index in [2.05, 4.69) is 58.0 Å². The average Bonchev–Trinajstić information content (AvgIpc) is 2.66. The molecule has 104 valence electrons. The van der Waals surface area contributed by atoms with E-state index in [1.807, 2.05) is 11.8 Å². The molecule has 1 aromatic rings. The second-order valence-corrected chi connectivity index (χ2v) is 12.0. The SMILES string of the molecule is CC1(C)CC(C)(C)C2(c3ccccc3)SC1S(=O)S2. The Kier molecular flexibility index (Phi) is 3.16. The van der Waals surface area contributed by atoms with E-state index in [0.717, 1.165) is 6.42 Å². The van der Waals surface area contributed by atoms with Gasteiger partial charge in [0.25, 0.3) is 0 Å². The zero-order chi connectivity index (χ0) is 13.9. The van der Waals surface area contributed by atoms with E-state index < -0.39 is 9.83 Å². The highest BCUT2D eigenvalue weighted by Crippen LogP contribution is 2.74. The highest BCUT2D eigenvalue weighted by Gasteiger charge is 2.64. The number of hydrogen-bond acceptors (Lipinski definition) is 3. The van der Waals surface area contributed by atoms with Crippen LogP contribution in [0.15, 0.2) is 30.3 Å². The Labute approximate surface area is 126 Å². The smallest absolute Gasteiger partial charge is 0.105 e. The molecule has 2 aliphatic rings. The third-order valence-corrected chi connectivity index (χ3v) is 12.2. The molecule has 3 atom stereocenters. The van der Waals surface area contributed by atoms with Gasteiger partial charge in [0.1, 0.15) is 4.08 Å². The molecular weight excluding hydrogens is 292 g/mol. The van der Waals surface area contributed by atoms with Gasteiger partial charge in [-0.25, -0.2) is 4.21 Å². The van der Waals surface area contributed by atoms with Gasteiger partial charge in [-0.1, -0.05) is 58.0 Å². The normalized spacial score (nSPS) is 39.2. The highest BCUT2D eigenvalue weighted by molar-refractivity contribution is 8.76. The van der Waals surface area contributed by atoms with Gasteiger partial charge in [-0.3, -0.25) is 0 Å². The monoisotopic (exact) mass is 312 g/mol. The van der Waals surface area contributed by atoms with Gasteiger partial charge in [-0.05, 0) is 33.6 Å². The van der Waals surface area contributed by atoms with E-state index >= 15 is 0 Å². The summed E-state index contributed by atoms with van der Waals surface area (Å²) in [6, 6.07) is 10.6. The van der Waals surface area contributed by atoms with E-state index in [9.17, 15) is 4.21 Å². The molecule has 1 nitrogen and oxygen atoms in total. The maximum absolute atomic E-state index is 12.6. The number of fused-ring (bicyclic) bond motifs is 2. The first-order valence-corrected chi connectivity index (χ1v) is 10.0. The molecule has 19 heavy (non-hydrogen) atoms. The van der Waals surface area contributed by atoms with Crippen LogP contribution in [0.4, 0.5) is 0 Å². The van der Waals surface area contributed by atoms with Gasteiger partial charge in [-0.15, -0.1) is 11.8 Å². The quantitative estimate of drug-likeness (QED) is 0.696. The van der Waals surface area contributed by atoms with Crippen LogP contribution in [0, 0.1) is 10.8 Å². The molecule has 0 spiro atoms. The van der Waals surface area contributed by atoms with Gasteiger partial charge < -0.3 is 0 Å². The van der Waals surface area contributed by atoms with Crippen molar-refractivity contribution in [1.29, 1.82) is 0 Å². The Morgan fingerprint density at radius 3 is 2.42 bits per heavy atom. The Hall–Kier alpha value is 0.0700. The molecule has 2 fully saturated rings. The van der Waals surface area contributed by atoms with Crippen molar-refractivity contribution in [2.24, 2.45) is 10.8 Å². The fourth-order valence-corrected chi connectivity index (χ4v) is 12.1. The third kappa shape index (κ3) is 1.94. The van der Waals surface area contributed by atoms with Gasteiger partial charge in [0.05, 0.1) is 14.4 Å². The van der Waals surface area contributed by atoms with Crippen molar-refractivity contribution in [2.75, 3.05) is 0 Å². The standard InChI is InChI=1S/C15H20OS3/c1-13(2)10-14(3,4)15(11-8-6-5-7-9-11)17-12(13)19(16)18-15/h5-9,12H,10H2,1-4H3. The lowest BCUT2D eigenvalue weighted by molar-refractivity contribution is 0.179. The van der Waals surface area contributed by atoms with E-state index in [-0.39, 0.29) is 19.5 Å². The van der Waals surface area contributed by atoms with E-state index in [4.69, 9.17) is 0 Å². The fraction of sp³-hybridized carbons (Fsp3) is 0.600. The summed E-state index contributed by atoms with van der Waals surface area (Å²) in [5, 5.41) is 0. The Balaban J connectivity index is 2.15. The van der Waals surface area contributed by atoms with Crippen LogP contribution < -0.4 is 0 Å². The molecule has 2 bridgehead atoms. The number of thioether (sulfide) groups is 1. The summed E-state index contributed by atoms with van der Waals surface area (Å²) in [5.41, 5.74) is 1.60. The van der Waals surface area contributed by atoms with Crippen LogP contribution in [-0.2, 0) is 13.9 Å². The Bertz CT molecular complexity index is 523. The zero-order valence-electron chi connectivity index (χ0n) is 11.8. The summed E-state index contributed by atoms with van der Waals surface area (Å²) < 4.78 is 12.8. The highest BCUT2D eigenvalue weighted by atomic mass is 33.1. The summed E-state index contributed by atoms with van der Waals surface area (Å²) in [7, 11) is 0.877. The second-order valence-electron chi connectivity index (χ2n) is 6.83. The lowest BCUT2D eigenvalue weighted by atomic mass is 9.71. The number of benzene rings is 1. The second kappa shape index (κ2) is 4.28. The molecule has 3 unspecified atom stereocenters. The van der Waals surface area contributed by atoms with Crippen LogP contribution in [-0.4, -0.2) is 8.79 Å². The Morgan fingerprint density at radius 2 is 1.79 bits per heavy atom. The summed E-state index contributed by atoms with van der Waals surface area (Å²) in [6.45, 7) is 9.21. The molecule has 0 amide bonds. The fourth-order valence-electron chi connectivity index (χ4n) is 3.56. The average molecular weight is 313 g/mol. The summed E-state index contributed by atoms with van der Waals surface area (Å²) in [4.78, 5) is 0. The molecule has 0 radical (unpaired) electrons. The van der Waals surface area contributed by atoms with Gasteiger partial charge >= 0.3 is 0 Å². The van der Waals surface area contributed by atoms with E-state index in [1.54, 1.807) is 10.8 Å². The van der Waals surface area contributed by atoms with Crippen LogP contribution >= 0.6 is 22.6 Å². The number of rotatable bonds is 1. The first kappa shape index (κ1) is 14.0. The maximum atomic E-state index is 12.6. The van der Waals surface area contributed by atoms with E-state index in [1.165, 1.54) is 5.56 Å². The van der Waals surface area contributed by atoms with Crippen molar-refractivity contribution in [2.45, 2.75) is 42.8 Å². The van der Waals surface area contributed by atoms with E-state index in [0.29, 0.717) is 0 Å². The van der Waals surface area contributed by atoms with Crippen molar-refractivity contribution in [3.05, 3.63) is 35.9 Å². The molecule has 2 heterocycles. The largest absolute Gasteiger partial charge is 0.247 e. The predicted molar refractivity (Wildman–Crippen MR) is 87.4 cm³/mol. The topological polar surface area (TPSA) is 17.1 Å². The molecule has 3 rings (SSSR count). The summed E-state index contributed by atoms with van der Waals surface area (Å²) in [5.74, 6) is 0. The minimum Gasteiger partial charge on any atom is -0.247 e. The van der Waals surface area contributed by atoms with Crippen molar-refractivity contribution in [3.8, 4) is 0 Å². The minimum absolute atomic E-state index is 0.0562. The minimum atomic E-state index is -0.804. The lowest BCUT2D eigenvalue weighted by Gasteiger charge is -2.51. The molecule has 2 aliphatic heterocycles. The van der Waals surface area contributed by atoms with Gasteiger partial charge in [0.2, 0.25) is 0 Å². The molecule has 0 aromatic heterocycles. The van der Waals surface area contributed by atoms with Crippen LogP contribution in [0.1, 0.15) is 39.7 Å². The van der Waals surface area contributed by atoms with Crippen molar-refractivity contribution in [3.63, 3.8) is 0 Å². The first-order chi connectivity index (χ1) is 8.79. The molecule has 4 heteroatoms. The summed E-state index contributed by atoms with van der Waals surface area (Å²) in [6.07, 6.45) is 1.12. The lowest BCUT2D eigenvalue weighted by Crippen LogP contribution is -2.45. The van der Waals surface area contributed by atoms with Crippen molar-refractivity contribution in [1.82, 2.24) is 0 Å². The maximum Gasteiger partial charge on any atom is 0.105 e.